The fourth-order valence-corrected chi connectivity index (χ4v) is 4.96. The third-order valence-corrected chi connectivity index (χ3v) is 6.60. The van der Waals surface area contributed by atoms with E-state index in [1.165, 1.54) is 24.0 Å². The Morgan fingerprint density at radius 1 is 1.25 bits per heavy atom. The van der Waals surface area contributed by atoms with Gasteiger partial charge in [0.15, 0.2) is 5.65 Å². The molecule has 5 nitrogen and oxygen atoms in total. The zero-order valence-electron chi connectivity index (χ0n) is 16.1. The molecule has 0 aliphatic heterocycles. The number of aryl methyl sites for hydroxylation is 1. The van der Waals surface area contributed by atoms with Crippen molar-refractivity contribution in [1.82, 2.24) is 19.9 Å². The monoisotopic (exact) mass is 438 g/mol. The number of amides is 1. The molecule has 1 unspecified atom stereocenters. The lowest BCUT2D eigenvalue weighted by molar-refractivity contribution is 0.0934. The van der Waals surface area contributed by atoms with Crippen LogP contribution >= 0.6 is 15.9 Å². The van der Waals surface area contributed by atoms with Gasteiger partial charge in [0, 0.05) is 12.1 Å². The number of halogens is 1. The molecular formula is C22H23BrN4O. The molecular weight excluding hydrogens is 416 g/mol. The van der Waals surface area contributed by atoms with E-state index in [0.29, 0.717) is 11.5 Å². The fourth-order valence-electron chi connectivity index (χ4n) is 4.28. The van der Waals surface area contributed by atoms with Crippen molar-refractivity contribution >= 4 is 27.5 Å². The van der Waals surface area contributed by atoms with Crippen LogP contribution in [0.3, 0.4) is 0 Å². The van der Waals surface area contributed by atoms with Gasteiger partial charge >= 0.3 is 0 Å². The summed E-state index contributed by atoms with van der Waals surface area (Å²) >= 11 is 3.68. The number of benzene rings is 1. The van der Waals surface area contributed by atoms with Crippen LogP contribution in [-0.2, 0) is 6.42 Å². The molecule has 2 aromatic heterocycles. The summed E-state index contributed by atoms with van der Waals surface area (Å²) in [4.78, 5) is 17.8. The molecule has 6 heteroatoms. The highest BCUT2D eigenvalue weighted by Crippen LogP contribution is 2.44. The lowest BCUT2D eigenvalue weighted by Crippen LogP contribution is -2.29. The van der Waals surface area contributed by atoms with E-state index >= 15 is 0 Å². The van der Waals surface area contributed by atoms with Gasteiger partial charge < -0.3 is 5.32 Å². The zero-order chi connectivity index (χ0) is 19.4. The summed E-state index contributed by atoms with van der Waals surface area (Å²) in [5, 5.41) is 8.07. The molecule has 1 fully saturated rings. The molecule has 1 amide bonds. The average Bonchev–Trinajstić information content (AvgIpc) is 3.38. The smallest absolute Gasteiger partial charge is 0.255 e. The molecule has 2 aliphatic rings. The van der Waals surface area contributed by atoms with Crippen molar-refractivity contribution in [1.29, 1.82) is 0 Å². The number of nitrogens with one attached hydrogen (secondary N) is 1. The maximum atomic E-state index is 13.2. The van der Waals surface area contributed by atoms with Gasteiger partial charge in [-0.25, -0.2) is 9.50 Å². The Kier molecular flexibility index (Phi) is 4.27. The van der Waals surface area contributed by atoms with Crippen molar-refractivity contribution in [2.24, 2.45) is 0 Å². The summed E-state index contributed by atoms with van der Waals surface area (Å²) in [6.07, 6.45) is 6.01. The van der Waals surface area contributed by atoms with Crippen LogP contribution in [0, 0.1) is 0 Å². The fraction of sp³-hybridized carbons (Fsp3) is 0.409. The average molecular weight is 439 g/mol. The quantitative estimate of drug-likeness (QED) is 0.629. The summed E-state index contributed by atoms with van der Waals surface area (Å²) in [6, 6.07) is 8.42. The lowest BCUT2D eigenvalue weighted by atomic mass is 10.0. The highest BCUT2D eigenvalue weighted by molar-refractivity contribution is 9.10. The highest BCUT2D eigenvalue weighted by atomic mass is 79.9. The number of carbonyl (C=O) groups is 1. The van der Waals surface area contributed by atoms with Gasteiger partial charge in [0.05, 0.1) is 27.5 Å². The number of nitrogens with zero attached hydrogens (tertiary/aromatic N) is 3. The summed E-state index contributed by atoms with van der Waals surface area (Å²) in [5.41, 5.74) is 5.96. The molecule has 1 N–H and O–H groups in total. The molecule has 5 rings (SSSR count). The molecule has 0 radical (unpaired) electrons. The normalized spacial score (nSPS) is 18.6. The molecule has 2 heterocycles. The van der Waals surface area contributed by atoms with Crippen LogP contribution in [0.15, 0.2) is 34.9 Å². The first-order valence-electron chi connectivity index (χ1n) is 10.00. The van der Waals surface area contributed by atoms with Crippen LogP contribution < -0.4 is 5.32 Å². The van der Waals surface area contributed by atoms with Crippen LogP contribution in [0.1, 0.15) is 83.9 Å². The van der Waals surface area contributed by atoms with E-state index in [-0.39, 0.29) is 17.9 Å². The van der Waals surface area contributed by atoms with Crippen molar-refractivity contribution in [3.8, 4) is 0 Å². The molecule has 1 saturated carbocycles. The van der Waals surface area contributed by atoms with Gasteiger partial charge in [-0.2, -0.15) is 5.10 Å². The number of hydrogen-bond donors (Lipinski definition) is 1. The SMILES string of the molecule is CC(C)c1c(C(=O)NC2CCc3ccccc32)cnc2c(Br)c(C3CC3)nn12. The predicted molar refractivity (Wildman–Crippen MR) is 112 cm³/mol. The Morgan fingerprint density at radius 3 is 2.79 bits per heavy atom. The van der Waals surface area contributed by atoms with E-state index in [0.717, 1.165) is 34.3 Å². The summed E-state index contributed by atoms with van der Waals surface area (Å²) < 4.78 is 2.84. The van der Waals surface area contributed by atoms with Crippen molar-refractivity contribution in [2.75, 3.05) is 0 Å². The molecule has 144 valence electrons. The van der Waals surface area contributed by atoms with Gasteiger partial charge in [0.25, 0.3) is 5.91 Å². The Hall–Kier alpha value is -2.21. The number of fused-ring (bicyclic) bond motifs is 2. The van der Waals surface area contributed by atoms with Crippen molar-refractivity contribution in [3.63, 3.8) is 0 Å². The van der Waals surface area contributed by atoms with E-state index in [4.69, 9.17) is 5.10 Å². The van der Waals surface area contributed by atoms with Crippen molar-refractivity contribution < 1.29 is 4.79 Å². The zero-order valence-corrected chi connectivity index (χ0v) is 17.7. The van der Waals surface area contributed by atoms with E-state index in [9.17, 15) is 4.79 Å². The molecule has 3 aromatic rings. The first kappa shape index (κ1) is 17.9. The maximum absolute atomic E-state index is 13.2. The summed E-state index contributed by atoms with van der Waals surface area (Å²) in [6.45, 7) is 4.20. The Balaban J connectivity index is 1.53. The minimum absolute atomic E-state index is 0.0609. The minimum atomic E-state index is -0.0700. The second kappa shape index (κ2) is 6.69. The molecule has 0 bridgehead atoms. The summed E-state index contributed by atoms with van der Waals surface area (Å²) in [7, 11) is 0. The van der Waals surface area contributed by atoms with Gasteiger partial charge in [-0.1, -0.05) is 38.1 Å². The lowest BCUT2D eigenvalue weighted by Gasteiger charge is -2.18. The topological polar surface area (TPSA) is 59.3 Å². The van der Waals surface area contributed by atoms with E-state index in [2.05, 4.69) is 58.3 Å². The van der Waals surface area contributed by atoms with Crippen molar-refractivity contribution in [3.05, 3.63) is 63.0 Å². The molecule has 1 aromatic carbocycles. The van der Waals surface area contributed by atoms with E-state index in [1.807, 2.05) is 10.6 Å². The van der Waals surface area contributed by atoms with Gasteiger partial charge in [-0.15, -0.1) is 0 Å². The Morgan fingerprint density at radius 2 is 2.04 bits per heavy atom. The van der Waals surface area contributed by atoms with Gasteiger partial charge in [-0.05, 0) is 58.7 Å². The van der Waals surface area contributed by atoms with E-state index in [1.54, 1.807) is 6.20 Å². The van der Waals surface area contributed by atoms with Crippen molar-refractivity contribution in [2.45, 2.75) is 57.4 Å². The predicted octanol–water partition coefficient (Wildman–Crippen LogP) is 4.91. The van der Waals surface area contributed by atoms with Crippen LogP contribution in [0.25, 0.3) is 5.65 Å². The maximum Gasteiger partial charge on any atom is 0.255 e. The first-order chi connectivity index (χ1) is 13.5. The second-order valence-electron chi connectivity index (χ2n) is 8.18. The Labute approximate surface area is 172 Å². The van der Waals surface area contributed by atoms with Crippen LogP contribution in [-0.4, -0.2) is 20.5 Å². The third kappa shape index (κ3) is 2.85. The standard InChI is InChI=1S/C22H23BrN4O/c1-12(2)20-16(11-24-21-18(23)19(14-7-8-14)26-27(20)21)22(28)25-17-10-9-13-5-3-4-6-15(13)17/h3-6,11-12,14,17H,7-10H2,1-2H3,(H,25,28). The summed E-state index contributed by atoms with van der Waals surface area (Å²) in [5.74, 6) is 0.601. The number of aromatic nitrogens is 3. The molecule has 2 aliphatic carbocycles. The Bertz CT molecular complexity index is 1080. The molecule has 0 saturated heterocycles. The second-order valence-corrected chi connectivity index (χ2v) is 8.98. The van der Waals surface area contributed by atoms with Gasteiger partial charge in [-0.3, -0.25) is 4.79 Å². The molecule has 1 atom stereocenters. The van der Waals surface area contributed by atoms with Crippen LogP contribution in [0.5, 0.6) is 0 Å². The molecule has 28 heavy (non-hydrogen) atoms. The number of hydrogen-bond acceptors (Lipinski definition) is 3. The first-order valence-corrected chi connectivity index (χ1v) is 10.8. The third-order valence-electron chi connectivity index (χ3n) is 5.84. The highest BCUT2D eigenvalue weighted by Gasteiger charge is 2.32. The number of rotatable bonds is 4. The number of carbonyl (C=O) groups excluding carboxylic acids is 1. The minimum Gasteiger partial charge on any atom is -0.345 e. The van der Waals surface area contributed by atoms with Gasteiger partial charge in [0.1, 0.15) is 0 Å². The van der Waals surface area contributed by atoms with Crippen LogP contribution in [0.4, 0.5) is 0 Å². The molecule has 0 spiro atoms. The van der Waals surface area contributed by atoms with Gasteiger partial charge in [0.2, 0.25) is 0 Å². The van der Waals surface area contributed by atoms with E-state index < -0.39 is 0 Å². The largest absolute Gasteiger partial charge is 0.345 e. The van der Waals surface area contributed by atoms with Crippen LogP contribution in [0.2, 0.25) is 0 Å².